The number of nitrogens with zero attached hydrogens (tertiary/aromatic N) is 1. The standard InChI is InChI=1S/C15H13BrN2S/c16-13-4-3-10-7-12(2-1-11(10)8-13)14(17)9-15-18-5-6-19-15/h1-8,14H,9,17H2. The molecular formula is C15H13BrN2S. The predicted octanol–water partition coefficient (Wildman–Crippen LogP) is 4.30. The summed E-state index contributed by atoms with van der Waals surface area (Å²) in [5, 5.41) is 5.51. The van der Waals surface area contributed by atoms with Crippen molar-refractivity contribution in [2.45, 2.75) is 12.5 Å². The zero-order chi connectivity index (χ0) is 13.2. The smallest absolute Gasteiger partial charge is 0.0943 e. The number of hydrogen-bond acceptors (Lipinski definition) is 3. The lowest BCUT2D eigenvalue weighted by atomic mass is 10.0. The molecule has 0 saturated heterocycles. The molecule has 4 heteroatoms. The van der Waals surface area contributed by atoms with E-state index < -0.39 is 0 Å². The normalized spacial score (nSPS) is 12.7. The first-order valence-corrected chi connectivity index (χ1v) is 7.73. The van der Waals surface area contributed by atoms with Crippen LogP contribution in [0.15, 0.2) is 52.4 Å². The molecule has 3 aromatic rings. The van der Waals surface area contributed by atoms with Crippen molar-refractivity contribution >= 4 is 38.0 Å². The fraction of sp³-hybridized carbons (Fsp3) is 0.133. The van der Waals surface area contributed by atoms with Gasteiger partial charge < -0.3 is 5.73 Å². The average Bonchev–Trinajstić information content (AvgIpc) is 2.91. The van der Waals surface area contributed by atoms with Gasteiger partial charge in [-0.3, -0.25) is 0 Å². The van der Waals surface area contributed by atoms with Gasteiger partial charge >= 0.3 is 0 Å². The van der Waals surface area contributed by atoms with Crippen molar-refractivity contribution < 1.29 is 0 Å². The van der Waals surface area contributed by atoms with Crippen LogP contribution < -0.4 is 5.73 Å². The van der Waals surface area contributed by atoms with E-state index in [1.54, 1.807) is 11.3 Å². The number of thiazole rings is 1. The molecule has 1 atom stereocenters. The molecule has 0 spiro atoms. The Kier molecular flexibility index (Phi) is 3.64. The van der Waals surface area contributed by atoms with Gasteiger partial charge in [0.1, 0.15) is 0 Å². The van der Waals surface area contributed by atoms with Crippen molar-refractivity contribution in [2.24, 2.45) is 5.73 Å². The van der Waals surface area contributed by atoms with Crippen LogP contribution in [0.3, 0.4) is 0 Å². The van der Waals surface area contributed by atoms with E-state index in [9.17, 15) is 0 Å². The Bertz CT molecular complexity index is 694. The summed E-state index contributed by atoms with van der Waals surface area (Å²) in [6.45, 7) is 0. The minimum atomic E-state index is -0.000744. The topological polar surface area (TPSA) is 38.9 Å². The summed E-state index contributed by atoms with van der Waals surface area (Å²) < 4.78 is 1.10. The third-order valence-corrected chi connectivity index (χ3v) is 4.43. The van der Waals surface area contributed by atoms with Gasteiger partial charge in [-0.25, -0.2) is 4.98 Å². The van der Waals surface area contributed by atoms with Gasteiger partial charge in [0.25, 0.3) is 0 Å². The van der Waals surface area contributed by atoms with Crippen LogP contribution >= 0.6 is 27.3 Å². The Morgan fingerprint density at radius 1 is 1.16 bits per heavy atom. The summed E-state index contributed by atoms with van der Waals surface area (Å²) in [5.74, 6) is 0. The summed E-state index contributed by atoms with van der Waals surface area (Å²) in [7, 11) is 0. The van der Waals surface area contributed by atoms with Crippen molar-refractivity contribution in [3.8, 4) is 0 Å². The average molecular weight is 333 g/mol. The van der Waals surface area contributed by atoms with Crippen LogP contribution in [0.25, 0.3) is 10.8 Å². The highest BCUT2D eigenvalue weighted by Gasteiger charge is 2.09. The first-order chi connectivity index (χ1) is 9.22. The molecule has 0 radical (unpaired) electrons. The number of hydrogen-bond donors (Lipinski definition) is 1. The van der Waals surface area contributed by atoms with Crippen LogP contribution in [0.4, 0.5) is 0 Å². The number of nitrogens with two attached hydrogens (primary N) is 1. The van der Waals surface area contributed by atoms with Crippen LogP contribution in [0, 0.1) is 0 Å². The molecule has 3 rings (SSSR count). The largest absolute Gasteiger partial charge is 0.324 e. The number of aromatic nitrogens is 1. The molecule has 0 aliphatic rings. The molecule has 2 aromatic carbocycles. The van der Waals surface area contributed by atoms with Crippen molar-refractivity contribution in [1.82, 2.24) is 4.98 Å². The Balaban J connectivity index is 1.90. The lowest BCUT2D eigenvalue weighted by Crippen LogP contribution is -2.13. The highest BCUT2D eigenvalue weighted by atomic mass is 79.9. The maximum atomic E-state index is 6.26. The number of benzene rings is 2. The molecule has 1 unspecified atom stereocenters. The van der Waals surface area contributed by atoms with Crippen molar-refractivity contribution in [1.29, 1.82) is 0 Å². The Labute approximate surface area is 124 Å². The highest BCUT2D eigenvalue weighted by Crippen LogP contribution is 2.24. The van der Waals surface area contributed by atoms with Crippen LogP contribution in [0.5, 0.6) is 0 Å². The molecule has 0 fully saturated rings. The van der Waals surface area contributed by atoms with Gasteiger partial charge in [0.05, 0.1) is 5.01 Å². The van der Waals surface area contributed by atoms with E-state index in [-0.39, 0.29) is 6.04 Å². The summed E-state index contributed by atoms with van der Waals surface area (Å²) >= 11 is 5.14. The van der Waals surface area contributed by atoms with Gasteiger partial charge in [0.2, 0.25) is 0 Å². The molecule has 96 valence electrons. The Morgan fingerprint density at radius 3 is 2.74 bits per heavy atom. The molecule has 1 heterocycles. The molecule has 0 amide bonds. The third kappa shape index (κ3) is 2.86. The second-order valence-corrected chi connectivity index (χ2v) is 6.38. The van der Waals surface area contributed by atoms with E-state index in [2.05, 4.69) is 57.3 Å². The molecular weight excluding hydrogens is 320 g/mol. The first-order valence-electron chi connectivity index (χ1n) is 6.05. The fourth-order valence-corrected chi connectivity index (χ4v) is 3.18. The van der Waals surface area contributed by atoms with Gasteiger partial charge in [-0.05, 0) is 34.5 Å². The SMILES string of the molecule is NC(Cc1nccs1)c1ccc2cc(Br)ccc2c1. The van der Waals surface area contributed by atoms with E-state index in [1.165, 1.54) is 10.8 Å². The Hall–Kier alpha value is -1.23. The third-order valence-electron chi connectivity index (χ3n) is 3.13. The zero-order valence-electron chi connectivity index (χ0n) is 10.2. The number of halogens is 1. The van der Waals surface area contributed by atoms with Gasteiger partial charge in [0, 0.05) is 28.5 Å². The van der Waals surface area contributed by atoms with E-state index in [1.807, 2.05) is 11.6 Å². The molecule has 19 heavy (non-hydrogen) atoms. The van der Waals surface area contributed by atoms with Crippen LogP contribution in [0.2, 0.25) is 0 Å². The number of fused-ring (bicyclic) bond motifs is 1. The Morgan fingerprint density at radius 2 is 1.95 bits per heavy atom. The van der Waals surface area contributed by atoms with Crippen molar-refractivity contribution in [3.63, 3.8) is 0 Å². The molecule has 0 aliphatic heterocycles. The zero-order valence-corrected chi connectivity index (χ0v) is 12.6. The second-order valence-electron chi connectivity index (χ2n) is 4.49. The molecule has 2 N–H and O–H groups in total. The summed E-state index contributed by atoms with van der Waals surface area (Å²) in [6.07, 6.45) is 2.62. The van der Waals surface area contributed by atoms with Gasteiger partial charge in [-0.1, -0.05) is 34.1 Å². The van der Waals surface area contributed by atoms with Gasteiger partial charge in [0.15, 0.2) is 0 Å². The van der Waals surface area contributed by atoms with Crippen molar-refractivity contribution in [2.75, 3.05) is 0 Å². The molecule has 0 bridgehead atoms. The van der Waals surface area contributed by atoms with Crippen LogP contribution in [0.1, 0.15) is 16.6 Å². The minimum Gasteiger partial charge on any atom is -0.324 e. The quantitative estimate of drug-likeness (QED) is 0.776. The van der Waals surface area contributed by atoms with Gasteiger partial charge in [-0.15, -0.1) is 11.3 Å². The maximum Gasteiger partial charge on any atom is 0.0943 e. The second kappa shape index (κ2) is 5.41. The van der Waals surface area contributed by atoms with E-state index in [0.29, 0.717) is 0 Å². The predicted molar refractivity (Wildman–Crippen MR) is 84.4 cm³/mol. The van der Waals surface area contributed by atoms with E-state index >= 15 is 0 Å². The van der Waals surface area contributed by atoms with Crippen LogP contribution in [-0.4, -0.2) is 4.98 Å². The van der Waals surface area contributed by atoms with E-state index in [0.717, 1.165) is 21.5 Å². The molecule has 0 saturated carbocycles. The maximum absolute atomic E-state index is 6.26. The lowest BCUT2D eigenvalue weighted by Gasteiger charge is -2.11. The first kappa shape index (κ1) is 12.8. The molecule has 2 nitrogen and oxygen atoms in total. The number of rotatable bonds is 3. The monoisotopic (exact) mass is 332 g/mol. The highest BCUT2D eigenvalue weighted by molar-refractivity contribution is 9.10. The minimum absolute atomic E-state index is 0.000744. The van der Waals surface area contributed by atoms with Gasteiger partial charge in [-0.2, -0.15) is 0 Å². The summed E-state index contributed by atoms with van der Waals surface area (Å²) in [6, 6.07) is 12.7. The fourth-order valence-electron chi connectivity index (χ4n) is 2.13. The summed E-state index contributed by atoms with van der Waals surface area (Å²) in [5.41, 5.74) is 7.42. The van der Waals surface area contributed by atoms with Crippen LogP contribution in [-0.2, 0) is 6.42 Å². The molecule has 0 aliphatic carbocycles. The lowest BCUT2D eigenvalue weighted by molar-refractivity contribution is 0.719. The summed E-state index contributed by atoms with van der Waals surface area (Å²) in [4.78, 5) is 4.29. The molecule has 1 aromatic heterocycles. The van der Waals surface area contributed by atoms with E-state index in [4.69, 9.17) is 5.73 Å². The van der Waals surface area contributed by atoms with Crippen molar-refractivity contribution in [3.05, 3.63) is 63.0 Å².